The Morgan fingerprint density at radius 2 is 1.05 bits per heavy atom. The summed E-state index contributed by atoms with van der Waals surface area (Å²) in [7, 11) is 0. The van der Waals surface area contributed by atoms with Crippen molar-refractivity contribution >= 4 is 16.7 Å². The van der Waals surface area contributed by atoms with Crippen LogP contribution < -0.4 is 5.32 Å². The van der Waals surface area contributed by atoms with Crippen LogP contribution in [0.5, 0.6) is 0 Å². The van der Waals surface area contributed by atoms with E-state index in [0.29, 0.717) is 19.8 Å². The number of nitrogens with one attached hydrogen (secondary N) is 1. The third-order valence-electron chi connectivity index (χ3n) is 11.8. The minimum absolute atomic E-state index is 0.141. The highest BCUT2D eigenvalue weighted by Crippen LogP contribution is 2.38. The van der Waals surface area contributed by atoms with E-state index in [0.717, 1.165) is 38.6 Å². The molecule has 6 aromatic carbocycles. The molecule has 9 rings (SSSR count). The summed E-state index contributed by atoms with van der Waals surface area (Å²) in [6, 6.07) is 53.5. The molecule has 3 saturated heterocycles. The van der Waals surface area contributed by atoms with E-state index in [1.165, 1.54) is 6.92 Å². The predicted octanol–water partition coefficient (Wildman–Crippen LogP) is 8.07. The molecule has 2 bridgehead atoms. The van der Waals surface area contributed by atoms with Crippen molar-refractivity contribution in [3.05, 3.63) is 192 Å². The van der Waals surface area contributed by atoms with Crippen LogP contribution in [0.4, 0.5) is 0 Å². The number of rotatable bonds is 19. The fourth-order valence-corrected chi connectivity index (χ4v) is 8.65. The first-order chi connectivity index (χ1) is 31.5. The summed E-state index contributed by atoms with van der Waals surface area (Å²) in [5, 5.41) is 5.40. The smallest absolute Gasteiger partial charge is 0.217 e. The standard InChI is InChI=1S/C53H55NO10/c1-36(55)54-46-49(58-30-38-18-8-3-9-19-38)47(57-33-41-26-27-42-24-14-15-25-43(42)28-41)44(34-56-29-37-16-6-2-7-17-37)62-52(46)64-48-45-35-61-53(63-45)51(60-32-40-22-12-5-13-23-40)50(48)59-31-39-20-10-4-11-21-39/h2-28,44-53H,29-35H2,1H3,(H,54,55)/t44-,45+,46-,47-,48+,49-,50-,51-,52-,53-/m1/s1. The average Bonchev–Trinajstić information content (AvgIpc) is 3.77. The molecular formula is C53H55NO10. The van der Waals surface area contributed by atoms with Crippen LogP contribution >= 0.6 is 0 Å². The Morgan fingerprint density at radius 3 is 1.66 bits per heavy atom. The minimum Gasteiger partial charge on any atom is -0.374 e. The third-order valence-corrected chi connectivity index (χ3v) is 11.8. The van der Waals surface area contributed by atoms with E-state index in [9.17, 15) is 4.79 Å². The number of carbonyl (C=O) groups is 1. The monoisotopic (exact) mass is 865 g/mol. The van der Waals surface area contributed by atoms with Crippen molar-refractivity contribution in [1.29, 1.82) is 0 Å². The number of carbonyl (C=O) groups excluding carboxylic acids is 1. The molecule has 6 aromatic rings. The predicted molar refractivity (Wildman–Crippen MR) is 239 cm³/mol. The Kier molecular flexibility index (Phi) is 14.8. The summed E-state index contributed by atoms with van der Waals surface area (Å²) in [6.45, 7) is 3.30. The first-order valence-electron chi connectivity index (χ1n) is 22.1. The van der Waals surface area contributed by atoms with E-state index in [2.05, 4.69) is 35.6 Å². The Morgan fingerprint density at radius 1 is 0.531 bits per heavy atom. The fourth-order valence-electron chi connectivity index (χ4n) is 8.65. The second-order valence-corrected chi connectivity index (χ2v) is 16.5. The van der Waals surface area contributed by atoms with E-state index in [1.54, 1.807) is 0 Å². The van der Waals surface area contributed by atoms with Crippen LogP contribution in [0, 0.1) is 0 Å². The molecule has 10 atom stereocenters. The molecule has 0 radical (unpaired) electrons. The van der Waals surface area contributed by atoms with Gasteiger partial charge in [-0.05, 0) is 44.7 Å². The maximum atomic E-state index is 13.3. The summed E-state index contributed by atoms with van der Waals surface area (Å²) in [4.78, 5) is 13.3. The molecule has 0 unspecified atom stereocenters. The second kappa shape index (κ2) is 21.6. The number of amides is 1. The second-order valence-electron chi connectivity index (χ2n) is 16.5. The molecule has 3 aliphatic heterocycles. The van der Waals surface area contributed by atoms with Gasteiger partial charge in [-0.15, -0.1) is 0 Å². The SMILES string of the molecule is CC(=O)N[C@H]1[C@@H](O[C@@H]2[C@@H](OCc3ccccc3)[C@@H](OCc3ccccc3)[C@@H]3OC[C@@H]2O3)O[C@H](COCc2ccccc2)[C@@H](OCc2ccc3ccccc3c2)[C@@H]1OCc1ccccc1. The van der Waals surface area contributed by atoms with E-state index >= 15 is 0 Å². The van der Waals surface area contributed by atoms with Gasteiger partial charge in [-0.25, -0.2) is 0 Å². The third kappa shape index (κ3) is 11.1. The molecule has 0 spiro atoms. The Bertz CT molecular complexity index is 2360. The summed E-state index contributed by atoms with van der Waals surface area (Å²) < 4.78 is 60.5. The molecule has 0 aromatic heterocycles. The lowest BCUT2D eigenvalue weighted by Crippen LogP contribution is -2.68. The average molecular weight is 866 g/mol. The summed E-state index contributed by atoms with van der Waals surface area (Å²) >= 11 is 0. The largest absolute Gasteiger partial charge is 0.374 e. The van der Waals surface area contributed by atoms with Crippen LogP contribution in [0.25, 0.3) is 10.8 Å². The van der Waals surface area contributed by atoms with Crippen LogP contribution in [0.15, 0.2) is 164 Å². The van der Waals surface area contributed by atoms with Crippen molar-refractivity contribution in [2.45, 2.75) is 101 Å². The molecule has 1 amide bonds. The quantitative estimate of drug-likeness (QED) is 0.0859. The molecule has 11 heteroatoms. The van der Waals surface area contributed by atoms with Crippen molar-refractivity contribution in [3.63, 3.8) is 0 Å². The molecule has 3 heterocycles. The number of ether oxygens (including phenoxy) is 9. The molecular weight excluding hydrogens is 811 g/mol. The molecule has 0 saturated carbocycles. The van der Waals surface area contributed by atoms with Gasteiger partial charge in [0.25, 0.3) is 0 Å². The van der Waals surface area contributed by atoms with Gasteiger partial charge in [-0.1, -0.05) is 158 Å². The summed E-state index contributed by atoms with van der Waals surface area (Å²) in [5.41, 5.74) is 4.94. The summed E-state index contributed by atoms with van der Waals surface area (Å²) in [5.74, 6) is -0.285. The van der Waals surface area contributed by atoms with Crippen molar-refractivity contribution in [2.75, 3.05) is 13.2 Å². The highest BCUT2D eigenvalue weighted by atomic mass is 16.8. The minimum atomic E-state index is -1.07. The van der Waals surface area contributed by atoms with Crippen molar-refractivity contribution in [1.82, 2.24) is 5.32 Å². The lowest BCUT2D eigenvalue weighted by Gasteiger charge is -2.48. The van der Waals surface area contributed by atoms with Crippen molar-refractivity contribution in [2.24, 2.45) is 0 Å². The van der Waals surface area contributed by atoms with Crippen LogP contribution in [-0.4, -0.2) is 80.5 Å². The summed E-state index contributed by atoms with van der Waals surface area (Å²) in [6.07, 6.45) is -6.52. The van der Waals surface area contributed by atoms with Crippen LogP contribution in [0.1, 0.15) is 34.7 Å². The molecule has 332 valence electrons. The van der Waals surface area contributed by atoms with Crippen molar-refractivity contribution < 1.29 is 47.4 Å². The zero-order valence-corrected chi connectivity index (χ0v) is 35.9. The molecule has 0 aliphatic carbocycles. The van der Waals surface area contributed by atoms with E-state index in [4.69, 9.17) is 42.6 Å². The van der Waals surface area contributed by atoms with Gasteiger partial charge in [0.2, 0.25) is 5.91 Å². The molecule has 1 N–H and O–H groups in total. The van der Waals surface area contributed by atoms with Gasteiger partial charge in [0.1, 0.15) is 48.8 Å². The van der Waals surface area contributed by atoms with Crippen molar-refractivity contribution in [3.8, 4) is 0 Å². The number of hydrogen-bond acceptors (Lipinski definition) is 10. The number of benzene rings is 6. The molecule has 3 fully saturated rings. The zero-order chi connectivity index (χ0) is 43.5. The Labute approximate surface area is 374 Å². The maximum absolute atomic E-state index is 13.3. The zero-order valence-electron chi connectivity index (χ0n) is 35.9. The highest BCUT2D eigenvalue weighted by Gasteiger charge is 2.56. The van der Waals surface area contributed by atoms with Gasteiger partial charge >= 0.3 is 0 Å². The first-order valence-corrected chi connectivity index (χ1v) is 22.1. The van der Waals surface area contributed by atoms with Gasteiger partial charge in [0, 0.05) is 6.92 Å². The normalized spacial score (nSPS) is 26.5. The van der Waals surface area contributed by atoms with Crippen LogP contribution in [-0.2, 0) is 80.5 Å². The lowest BCUT2D eigenvalue weighted by atomic mass is 9.94. The van der Waals surface area contributed by atoms with Gasteiger partial charge in [-0.2, -0.15) is 0 Å². The van der Waals surface area contributed by atoms with Gasteiger partial charge < -0.3 is 47.9 Å². The van der Waals surface area contributed by atoms with E-state index in [-0.39, 0.29) is 32.3 Å². The van der Waals surface area contributed by atoms with Gasteiger partial charge in [0.15, 0.2) is 12.6 Å². The molecule has 11 nitrogen and oxygen atoms in total. The Balaban J connectivity index is 1.05. The molecule has 3 aliphatic rings. The van der Waals surface area contributed by atoms with Crippen LogP contribution in [0.2, 0.25) is 0 Å². The maximum Gasteiger partial charge on any atom is 0.217 e. The molecule has 64 heavy (non-hydrogen) atoms. The number of hydrogen-bond donors (Lipinski definition) is 1. The van der Waals surface area contributed by atoms with Crippen LogP contribution in [0.3, 0.4) is 0 Å². The highest BCUT2D eigenvalue weighted by molar-refractivity contribution is 5.83. The topological polar surface area (TPSA) is 112 Å². The van der Waals surface area contributed by atoms with E-state index in [1.807, 2.05) is 133 Å². The lowest BCUT2D eigenvalue weighted by molar-refractivity contribution is -0.334. The number of fused-ring (bicyclic) bond motifs is 3. The van der Waals surface area contributed by atoms with Gasteiger partial charge in [-0.3, -0.25) is 4.79 Å². The van der Waals surface area contributed by atoms with Gasteiger partial charge in [0.05, 0.1) is 46.2 Å². The first kappa shape index (κ1) is 43.9. The Hall–Kier alpha value is -5.31. The van der Waals surface area contributed by atoms with E-state index < -0.39 is 61.3 Å². The fraction of sp³-hybridized carbons (Fsp3) is 0.340.